The summed E-state index contributed by atoms with van der Waals surface area (Å²) in [6, 6.07) is 12.7. The van der Waals surface area contributed by atoms with Crippen molar-refractivity contribution in [1.29, 1.82) is 0 Å². The first-order valence-electron chi connectivity index (χ1n) is 9.57. The third-order valence-corrected chi connectivity index (χ3v) is 5.73. The van der Waals surface area contributed by atoms with Crippen LogP contribution in [-0.4, -0.2) is 31.0 Å². The van der Waals surface area contributed by atoms with Crippen LogP contribution in [0.2, 0.25) is 0 Å². The summed E-state index contributed by atoms with van der Waals surface area (Å²) >= 11 is 0. The Morgan fingerprint density at radius 3 is 2.34 bits per heavy atom. The molecule has 6 nitrogen and oxygen atoms in total. The average Bonchev–Trinajstić information content (AvgIpc) is 2.73. The number of nitrogens with one attached hydrogen (secondary N) is 1. The number of aromatic hydroxyl groups is 1. The zero-order chi connectivity index (χ0) is 20.5. The van der Waals surface area contributed by atoms with Crippen LogP contribution in [0.15, 0.2) is 53.7 Å². The molecule has 2 aromatic rings. The summed E-state index contributed by atoms with van der Waals surface area (Å²) in [5, 5.41) is 12.8. The van der Waals surface area contributed by atoms with Gasteiger partial charge in [0.05, 0.1) is 14.2 Å². The van der Waals surface area contributed by atoms with Crippen LogP contribution in [0.3, 0.4) is 0 Å². The van der Waals surface area contributed by atoms with Crippen molar-refractivity contribution in [3.8, 4) is 17.2 Å². The molecule has 0 spiro atoms. The van der Waals surface area contributed by atoms with Crippen molar-refractivity contribution in [3.05, 3.63) is 64.9 Å². The topological polar surface area (TPSA) is 84.9 Å². The van der Waals surface area contributed by atoms with Crippen LogP contribution in [0.25, 0.3) is 0 Å². The normalized spacial score (nSPS) is 21.4. The van der Waals surface area contributed by atoms with Crippen LogP contribution in [-0.2, 0) is 9.59 Å². The van der Waals surface area contributed by atoms with E-state index in [2.05, 4.69) is 5.32 Å². The molecule has 150 valence electrons. The second kappa shape index (κ2) is 7.62. The van der Waals surface area contributed by atoms with Crippen LogP contribution < -0.4 is 14.8 Å². The van der Waals surface area contributed by atoms with Gasteiger partial charge in [-0.3, -0.25) is 9.59 Å². The van der Waals surface area contributed by atoms with E-state index in [0.717, 1.165) is 16.9 Å². The van der Waals surface area contributed by atoms with E-state index < -0.39 is 0 Å². The number of phenols is 1. The number of benzene rings is 2. The second-order valence-corrected chi connectivity index (χ2v) is 7.43. The summed E-state index contributed by atoms with van der Waals surface area (Å²) in [7, 11) is 3.09. The molecule has 0 aromatic heterocycles. The third-order valence-electron chi connectivity index (χ3n) is 5.73. The minimum atomic E-state index is -0.336. The van der Waals surface area contributed by atoms with E-state index in [1.807, 2.05) is 24.3 Å². The van der Waals surface area contributed by atoms with Crippen molar-refractivity contribution in [2.75, 3.05) is 14.2 Å². The van der Waals surface area contributed by atoms with Gasteiger partial charge in [-0.25, -0.2) is 0 Å². The van der Waals surface area contributed by atoms with Gasteiger partial charge < -0.3 is 19.9 Å². The van der Waals surface area contributed by atoms with E-state index in [1.165, 1.54) is 13.2 Å². The van der Waals surface area contributed by atoms with E-state index in [-0.39, 0.29) is 35.7 Å². The Morgan fingerprint density at radius 2 is 1.66 bits per heavy atom. The van der Waals surface area contributed by atoms with Crippen molar-refractivity contribution in [1.82, 2.24) is 5.32 Å². The number of ketones is 1. The number of phenolic OH excluding ortho intramolecular Hbond substituents is 1. The number of hydrogen-bond acceptors (Lipinski definition) is 5. The summed E-state index contributed by atoms with van der Waals surface area (Å²) in [5.74, 6) is 0.740. The highest BCUT2D eigenvalue weighted by molar-refractivity contribution is 6.02. The first kappa shape index (κ1) is 19.1. The summed E-state index contributed by atoms with van der Waals surface area (Å²) in [6.07, 6.45) is 1.20. The summed E-state index contributed by atoms with van der Waals surface area (Å²) in [4.78, 5) is 25.5. The third kappa shape index (κ3) is 3.58. The maximum Gasteiger partial charge on any atom is 0.225 e. The smallest absolute Gasteiger partial charge is 0.225 e. The van der Waals surface area contributed by atoms with Gasteiger partial charge in [0, 0.05) is 30.0 Å². The Kier molecular flexibility index (Phi) is 5.01. The molecular weight excluding hydrogens is 370 g/mol. The lowest BCUT2D eigenvalue weighted by Crippen LogP contribution is -2.38. The van der Waals surface area contributed by atoms with Gasteiger partial charge in [-0.1, -0.05) is 18.2 Å². The summed E-state index contributed by atoms with van der Waals surface area (Å²) in [6.45, 7) is 0. The van der Waals surface area contributed by atoms with Gasteiger partial charge in [-0.2, -0.15) is 0 Å². The van der Waals surface area contributed by atoms with Crippen LogP contribution in [0.5, 0.6) is 17.2 Å². The van der Waals surface area contributed by atoms with Gasteiger partial charge in [-0.05, 0) is 47.7 Å². The maximum atomic E-state index is 13.1. The standard InChI is InChI=1S/C23H23NO5/c1-28-16-6-3-13(4-7-16)15-9-18-23(20(26)10-15)17(12-22(27)24-18)14-5-8-19(25)21(11-14)29-2/h3-8,11,15,17,25H,9-10,12H2,1-2H3,(H,24,27)/t15-,17-/m1/s1. The van der Waals surface area contributed by atoms with Crippen LogP contribution in [0.1, 0.15) is 42.2 Å². The van der Waals surface area contributed by atoms with Gasteiger partial charge in [-0.15, -0.1) is 0 Å². The maximum absolute atomic E-state index is 13.1. The average molecular weight is 393 g/mol. The second-order valence-electron chi connectivity index (χ2n) is 7.43. The number of Topliss-reactive ketones (excluding diaryl/α,β-unsaturated/α-hetero) is 1. The van der Waals surface area contributed by atoms with Crippen LogP contribution in [0, 0.1) is 0 Å². The number of allylic oxidation sites excluding steroid dienone is 2. The molecule has 4 rings (SSSR count). The van der Waals surface area contributed by atoms with Crippen molar-refractivity contribution < 1.29 is 24.2 Å². The SMILES string of the molecule is COc1ccc([C@H]2CC(=O)C3=C(C2)NC(=O)C[C@@H]3c2ccc(O)c(OC)c2)cc1. The Morgan fingerprint density at radius 1 is 0.931 bits per heavy atom. The Hall–Kier alpha value is -3.28. The zero-order valence-corrected chi connectivity index (χ0v) is 16.4. The van der Waals surface area contributed by atoms with Crippen molar-refractivity contribution in [3.63, 3.8) is 0 Å². The van der Waals surface area contributed by atoms with Crippen LogP contribution >= 0.6 is 0 Å². The van der Waals surface area contributed by atoms with E-state index in [0.29, 0.717) is 29.9 Å². The summed E-state index contributed by atoms with van der Waals surface area (Å²) in [5.41, 5.74) is 3.21. The first-order chi connectivity index (χ1) is 14.0. The van der Waals surface area contributed by atoms with Crippen molar-refractivity contribution >= 4 is 11.7 Å². The highest BCUT2D eigenvalue weighted by Gasteiger charge is 2.38. The van der Waals surface area contributed by atoms with E-state index in [1.54, 1.807) is 19.2 Å². The molecule has 2 aliphatic rings. The van der Waals surface area contributed by atoms with E-state index in [9.17, 15) is 14.7 Å². The number of carbonyl (C=O) groups excluding carboxylic acids is 2. The molecule has 0 saturated heterocycles. The number of amides is 1. The van der Waals surface area contributed by atoms with Crippen molar-refractivity contribution in [2.45, 2.75) is 31.1 Å². The fraction of sp³-hybridized carbons (Fsp3) is 0.304. The predicted octanol–water partition coefficient (Wildman–Crippen LogP) is 3.41. The summed E-state index contributed by atoms with van der Waals surface area (Å²) < 4.78 is 10.4. The highest BCUT2D eigenvalue weighted by atomic mass is 16.5. The molecule has 6 heteroatoms. The molecule has 0 radical (unpaired) electrons. The molecule has 0 bridgehead atoms. The Labute approximate surface area is 169 Å². The number of carbonyl (C=O) groups is 2. The van der Waals surface area contributed by atoms with Gasteiger partial charge in [0.1, 0.15) is 5.75 Å². The fourth-order valence-electron chi connectivity index (χ4n) is 4.27. The molecule has 0 unspecified atom stereocenters. The largest absolute Gasteiger partial charge is 0.504 e. The molecule has 0 saturated carbocycles. The minimum Gasteiger partial charge on any atom is -0.504 e. The number of hydrogen-bond donors (Lipinski definition) is 2. The fourth-order valence-corrected chi connectivity index (χ4v) is 4.27. The quantitative estimate of drug-likeness (QED) is 0.832. The van der Waals surface area contributed by atoms with Crippen LogP contribution in [0.4, 0.5) is 0 Å². The van der Waals surface area contributed by atoms with Gasteiger partial charge in [0.25, 0.3) is 0 Å². The lowest BCUT2D eigenvalue weighted by molar-refractivity contribution is -0.122. The molecule has 1 heterocycles. The minimum absolute atomic E-state index is 0.0144. The van der Waals surface area contributed by atoms with E-state index >= 15 is 0 Å². The Balaban J connectivity index is 1.69. The van der Waals surface area contributed by atoms with E-state index in [4.69, 9.17) is 9.47 Å². The molecule has 1 aliphatic heterocycles. The zero-order valence-electron chi connectivity index (χ0n) is 16.4. The number of rotatable bonds is 4. The molecule has 29 heavy (non-hydrogen) atoms. The highest BCUT2D eigenvalue weighted by Crippen LogP contribution is 2.44. The monoisotopic (exact) mass is 393 g/mol. The van der Waals surface area contributed by atoms with Crippen molar-refractivity contribution in [2.24, 2.45) is 0 Å². The van der Waals surface area contributed by atoms with Gasteiger partial charge >= 0.3 is 0 Å². The molecule has 0 fully saturated rings. The predicted molar refractivity (Wildman–Crippen MR) is 107 cm³/mol. The lowest BCUT2D eigenvalue weighted by Gasteiger charge is -2.34. The molecule has 1 amide bonds. The van der Waals surface area contributed by atoms with Gasteiger partial charge in [0.2, 0.25) is 5.91 Å². The number of methoxy groups -OCH3 is 2. The molecule has 2 atom stereocenters. The molecule has 2 aromatic carbocycles. The lowest BCUT2D eigenvalue weighted by atomic mass is 9.73. The first-order valence-corrected chi connectivity index (χ1v) is 9.57. The molecule has 2 N–H and O–H groups in total. The number of ether oxygens (including phenoxy) is 2. The molecular formula is C23H23NO5. The molecule has 1 aliphatic carbocycles. The van der Waals surface area contributed by atoms with Gasteiger partial charge in [0.15, 0.2) is 17.3 Å². The Bertz CT molecular complexity index is 993.